The van der Waals surface area contributed by atoms with Crippen molar-refractivity contribution in [1.82, 2.24) is 0 Å². The predicted octanol–water partition coefficient (Wildman–Crippen LogP) is -1.23. The van der Waals surface area contributed by atoms with Gasteiger partial charge in [0.15, 0.2) is 0 Å². The van der Waals surface area contributed by atoms with E-state index in [-0.39, 0.29) is 30.6 Å². The Kier molecular flexibility index (Phi) is 10.9. The molecule has 0 saturated heterocycles. The molecule has 0 fully saturated rings. The van der Waals surface area contributed by atoms with Crippen LogP contribution in [0.25, 0.3) is 0 Å². The largest absolute Gasteiger partial charge is 2.00 e. The van der Waals surface area contributed by atoms with Gasteiger partial charge in [0.2, 0.25) is 0 Å². The molecule has 0 aliphatic heterocycles. The Bertz CT molecular complexity index is 92.9. The van der Waals surface area contributed by atoms with E-state index in [9.17, 15) is 0 Å². The van der Waals surface area contributed by atoms with Crippen LogP contribution in [0.2, 0.25) is 0 Å². The van der Waals surface area contributed by atoms with Crippen molar-refractivity contribution in [3.63, 3.8) is 0 Å². The van der Waals surface area contributed by atoms with Crippen LogP contribution in [-0.2, 0) is 27.5 Å². The molecule has 0 amide bonds. The molecule has 0 atom stereocenters. The summed E-state index contributed by atoms with van der Waals surface area (Å²) in [7, 11) is -5.17. The van der Waals surface area contributed by atoms with E-state index in [1.807, 2.05) is 0 Å². The van der Waals surface area contributed by atoms with Crippen LogP contribution in [0.15, 0.2) is 0 Å². The molecule has 4 nitrogen and oxygen atoms in total. The average Bonchev–Trinajstić information content (AvgIpc) is 0.722. The Balaban J connectivity index is -0.0000000800. The zero-order valence-electron chi connectivity index (χ0n) is 2.92. The third-order valence-electron chi connectivity index (χ3n) is 0. The van der Waals surface area contributed by atoms with Crippen molar-refractivity contribution in [2.75, 3.05) is 0 Å². The minimum atomic E-state index is -5.17. The van der Waals surface area contributed by atoms with E-state index in [1.165, 1.54) is 0 Å². The second-order valence-electron chi connectivity index (χ2n) is 0.408. The molecule has 0 N–H and O–H groups in total. The molecular weight excluding hydrogens is 183 g/mol. The van der Waals surface area contributed by atoms with Crippen molar-refractivity contribution in [3.05, 3.63) is 0 Å². The molecule has 0 unspecified atom stereocenters. The van der Waals surface area contributed by atoms with Gasteiger partial charge in [-0.1, -0.05) is 0 Å². The van der Waals surface area contributed by atoms with Crippen molar-refractivity contribution < 1.29 is 34.6 Å². The SMILES string of the molecule is O=S(=O)([O-])[O-].S.[Mn+2]. The van der Waals surface area contributed by atoms with Crippen LogP contribution >= 0.6 is 13.5 Å². The molecule has 0 aromatic rings. The van der Waals surface area contributed by atoms with Gasteiger partial charge >= 0.3 is 17.1 Å². The second kappa shape index (κ2) is 4.89. The van der Waals surface area contributed by atoms with Gasteiger partial charge < -0.3 is 9.11 Å². The van der Waals surface area contributed by atoms with Crippen LogP contribution in [0.3, 0.4) is 0 Å². The van der Waals surface area contributed by atoms with Crippen LogP contribution in [0, 0.1) is 0 Å². The van der Waals surface area contributed by atoms with Gasteiger partial charge in [0.05, 0.1) is 0 Å². The fourth-order valence-corrected chi connectivity index (χ4v) is 0. The Morgan fingerprint density at radius 1 is 1.14 bits per heavy atom. The number of hydrogen-bond acceptors (Lipinski definition) is 4. The van der Waals surface area contributed by atoms with Crippen LogP contribution < -0.4 is 0 Å². The summed E-state index contributed by atoms with van der Waals surface area (Å²) in [4.78, 5) is 0. The molecule has 0 heterocycles. The average molecular weight is 185 g/mol. The molecule has 0 aliphatic carbocycles. The molecule has 0 aliphatic rings. The molecule has 0 bridgehead atoms. The van der Waals surface area contributed by atoms with Crippen LogP contribution in [0.1, 0.15) is 0 Å². The molecule has 0 aromatic carbocycles. The van der Waals surface area contributed by atoms with E-state index < -0.39 is 10.4 Å². The summed E-state index contributed by atoms with van der Waals surface area (Å²) in [6.45, 7) is 0. The van der Waals surface area contributed by atoms with Gasteiger partial charge in [0.1, 0.15) is 0 Å². The Hall–Kier alpha value is 0.739. The summed E-state index contributed by atoms with van der Waals surface area (Å²) < 4.78 is 34.1. The summed E-state index contributed by atoms with van der Waals surface area (Å²) in [6, 6.07) is 0. The Morgan fingerprint density at radius 3 is 1.14 bits per heavy atom. The maximum absolute atomic E-state index is 8.52. The van der Waals surface area contributed by atoms with Gasteiger partial charge in [-0.05, 0) is 0 Å². The molecule has 0 aromatic heterocycles. The van der Waals surface area contributed by atoms with Gasteiger partial charge in [-0.15, -0.1) is 0 Å². The van der Waals surface area contributed by atoms with Crippen molar-refractivity contribution in [3.8, 4) is 0 Å². The van der Waals surface area contributed by atoms with E-state index in [0.29, 0.717) is 0 Å². The molecule has 7 heavy (non-hydrogen) atoms. The molecule has 0 rings (SSSR count). The second-order valence-corrected chi connectivity index (χ2v) is 1.22. The van der Waals surface area contributed by atoms with Crippen molar-refractivity contribution in [2.24, 2.45) is 0 Å². The zero-order chi connectivity index (χ0) is 4.50. The summed E-state index contributed by atoms with van der Waals surface area (Å²) in [5, 5.41) is 0. The van der Waals surface area contributed by atoms with E-state index in [1.54, 1.807) is 0 Å². The summed E-state index contributed by atoms with van der Waals surface area (Å²) in [6.07, 6.45) is 0. The standard InChI is InChI=1S/Mn.H2O4S.H2S/c;1-5(2,3)4;/h;(H2,1,2,3,4);1H2/q+2;;/p-2. The van der Waals surface area contributed by atoms with Crippen molar-refractivity contribution in [1.29, 1.82) is 0 Å². The van der Waals surface area contributed by atoms with Gasteiger partial charge in [0, 0.05) is 10.4 Å². The fourth-order valence-electron chi connectivity index (χ4n) is 0. The molecule has 0 spiro atoms. The van der Waals surface area contributed by atoms with Crippen LogP contribution in [-0.4, -0.2) is 17.5 Å². The zero-order valence-corrected chi connectivity index (χ0v) is 5.92. The van der Waals surface area contributed by atoms with Gasteiger partial charge in [-0.25, -0.2) is 0 Å². The minimum Gasteiger partial charge on any atom is -0.759 e. The maximum Gasteiger partial charge on any atom is 2.00 e. The number of hydrogen-bond donors (Lipinski definition) is 0. The van der Waals surface area contributed by atoms with E-state index in [4.69, 9.17) is 17.5 Å². The first-order valence-corrected chi connectivity index (χ1v) is 2.00. The first kappa shape index (κ1) is 15.6. The van der Waals surface area contributed by atoms with Crippen molar-refractivity contribution >= 4 is 23.9 Å². The smallest absolute Gasteiger partial charge is 0.759 e. The topological polar surface area (TPSA) is 80.3 Å². The summed E-state index contributed by atoms with van der Waals surface area (Å²) in [5.41, 5.74) is 0. The third kappa shape index (κ3) is 277. The fraction of sp³-hybridized carbons (Fsp3) is 0. The van der Waals surface area contributed by atoms with Gasteiger partial charge in [-0.2, -0.15) is 13.5 Å². The van der Waals surface area contributed by atoms with Crippen LogP contribution in [0.5, 0.6) is 0 Å². The predicted molar refractivity (Wildman–Crippen MR) is 20.9 cm³/mol. The normalized spacial score (nSPS) is 8.29. The summed E-state index contributed by atoms with van der Waals surface area (Å²) in [5.74, 6) is 0. The van der Waals surface area contributed by atoms with Crippen LogP contribution in [0.4, 0.5) is 0 Å². The molecule has 45 valence electrons. The van der Waals surface area contributed by atoms with E-state index in [2.05, 4.69) is 0 Å². The first-order valence-electron chi connectivity index (χ1n) is 0.667. The third-order valence-corrected chi connectivity index (χ3v) is 0. The van der Waals surface area contributed by atoms with E-state index >= 15 is 0 Å². The monoisotopic (exact) mass is 185 g/mol. The number of rotatable bonds is 0. The Morgan fingerprint density at radius 2 is 1.14 bits per heavy atom. The maximum atomic E-state index is 8.52. The van der Waals surface area contributed by atoms with Gasteiger partial charge in [-0.3, -0.25) is 8.42 Å². The molecule has 1 radical (unpaired) electrons. The molecular formula is H2MnO4S2. The summed E-state index contributed by atoms with van der Waals surface area (Å²) >= 11 is 0. The van der Waals surface area contributed by atoms with Gasteiger partial charge in [0.25, 0.3) is 0 Å². The Labute approximate surface area is 58.8 Å². The van der Waals surface area contributed by atoms with Crippen molar-refractivity contribution in [2.45, 2.75) is 0 Å². The quantitative estimate of drug-likeness (QED) is 0.269. The first-order chi connectivity index (χ1) is 2.00. The molecule has 7 heteroatoms. The van der Waals surface area contributed by atoms with E-state index in [0.717, 1.165) is 0 Å². The minimum absolute atomic E-state index is 0. The molecule has 0 saturated carbocycles.